The smallest absolute Gasteiger partial charge is 0.419 e. The number of hydrogen-bond acceptors (Lipinski definition) is 6. The van der Waals surface area contributed by atoms with Crippen LogP contribution in [0.1, 0.15) is 54.3 Å². The summed E-state index contributed by atoms with van der Waals surface area (Å²) in [5, 5.41) is 17.7. The molecule has 0 spiro atoms. The van der Waals surface area contributed by atoms with E-state index < -0.39 is 35.6 Å². The Labute approximate surface area is 214 Å². The van der Waals surface area contributed by atoms with E-state index in [9.17, 15) is 31.4 Å². The molecule has 3 rings (SSSR count). The van der Waals surface area contributed by atoms with Crippen molar-refractivity contribution in [3.63, 3.8) is 0 Å². The van der Waals surface area contributed by atoms with Gasteiger partial charge in [-0.05, 0) is 56.0 Å². The molecule has 202 valence electrons. The predicted molar refractivity (Wildman–Crippen MR) is 128 cm³/mol. The number of halogens is 6. The number of ether oxygens (including phenoxy) is 1. The van der Waals surface area contributed by atoms with Crippen LogP contribution in [-0.2, 0) is 24.3 Å². The van der Waals surface area contributed by atoms with Crippen LogP contribution < -0.4 is 10.5 Å². The molecule has 12 heteroatoms. The monoisotopic (exact) mass is 547 g/mol. The highest BCUT2D eigenvalue weighted by Gasteiger charge is 2.35. The molecule has 0 aliphatic heterocycles. The Balaban J connectivity index is 1.53. The minimum Gasteiger partial charge on any atom is -0.493 e. The average molecular weight is 548 g/mol. The highest BCUT2D eigenvalue weighted by molar-refractivity contribution is 7.14. The number of aliphatic hydroxyl groups is 1. The first-order valence-electron chi connectivity index (χ1n) is 11.6. The van der Waals surface area contributed by atoms with Gasteiger partial charge < -0.3 is 15.6 Å². The van der Waals surface area contributed by atoms with Gasteiger partial charge in [0.25, 0.3) is 0 Å². The highest BCUT2D eigenvalue weighted by Crippen LogP contribution is 2.40. The normalized spacial score (nSPS) is 14.0. The van der Waals surface area contributed by atoms with Crippen LogP contribution in [0.3, 0.4) is 0 Å². The van der Waals surface area contributed by atoms with E-state index in [1.54, 1.807) is 13.0 Å². The van der Waals surface area contributed by atoms with Crippen molar-refractivity contribution in [3.8, 4) is 16.3 Å². The number of nitrogens with two attached hydrogens (primary N) is 1. The van der Waals surface area contributed by atoms with Gasteiger partial charge in [0.15, 0.2) is 0 Å². The maximum atomic E-state index is 13.7. The number of aryl methyl sites for hydroxylation is 1. The Hall–Kier alpha value is -2.70. The molecular formula is C25H27F6N3O2S. The summed E-state index contributed by atoms with van der Waals surface area (Å²) in [5.74, 6) is -0.302. The van der Waals surface area contributed by atoms with E-state index in [1.165, 1.54) is 18.2 Å². The Morgan fingerprint density at radius 3 is 2.32 bits per heavy atom. The first kappa shape index (κ1) is 28.9. The van der Waals surface area contributed by atoms with Crippen LogP contribution in [0.25, 0.3) is 10.6 Å². The average Bonchev–Trinajstić information content (AvgIpc) is 3.34. The molecule has 1 heterocycles. The van der Waals surface area contributed by atoms with Crippen LogP contribution in [0.2, 0.25) is 0 Å². The quantitative estimate of drug-likeness (QED) is 0.209. The van der Waals surface area contributed by atoms with Crippen molar-refractivity contribution in [2.45, 2.75) is 56.9 Å². The molecule has 1 atom stereocenters. The second-order valence-corrected chi connectivity index (χ2v) is 9.88. The van der Waals surface area contributed by atoms with Gasteiger partial charge in [0.1, 0.15) is 15.8 Å². The molecule has 0 radical (unpaired) electrons. The summed E-state index contributed by atoms with van der Waals surface area (Å²) < 4.78 is 84.9. The molecule has 0 aliphatic rings. The second-order valence-electron chi connectivity index (χ2n) is 8.91. The maximum absolute atomic E-state index is 13.7. The summed E-state index contributed by atoms with van der Waals surface area (Å²) >= 11 is 1.00. The van der Waals surface area contributed by atoms with Crippen LogP contribution in [-0.4, -0.2) is 28.5 Å². The van der Waals surface area contributed by atoms with Gasteiger partial charge in [-0.1, -0.05) is 42.4 Å². The number of aliphatic hydroxyl groups excluding tert-OH is 1. The van der Waals surface area contributed by atoms with Gasteiger partial charge in [-0.25, -0.2) is 0 Å². The number of aromatic nitrogens is 2. The molecule has 3 aromatic rings. The van der Waals surface area contributed by atoms with Crippen LogP contribution in [0.4, 0.5) is 26.3 Å². The van der Waals surface area contributed by atoms with Gasteiger partial charge in [-0.3, -0.25) is 0 Å². The number of unbranched alkanes of at least 4 members (excludes halogenated alkanes) is 3. The summed E-state index contributed by atoms with van der Waals surface area (Å²) in [6, 6.07) is 8.82. The second kappa shape index (κ2) is 11.8. The fraction of sp³-hybridized carbons (Fsp3) is 0.440. The first-order chi connectivity index (χ1) is 17.3. The van der Waals surface area contributed by atoms with Gasteiger partial charge in [0.2, 0.25) is 0 Å². The third kappa shape index (κ3) is 7.89. The lowest BCUT2D eigenvalue weighted by Crippen LogP contribution is -2.36. The Morgan fingerprint density at radius 1 is 0.919 bits per heavy atom. The molecule has 37 heavy (non-hydrogen) atoms. The molecule has 5 nitrogen and oxygen atoms in total. The van der Waals surface area contributed by atoms with Gasteiger partial charge in [-0.15, -0.1) is 10.2 Å². The van der Waals surface area contributed by atoms with Crippen LogP contribution >= 0.6 is 11.3 Å². The van der Waals surface area contributed by atoms with Crippen molar-refractivity contribution in [3.05, 3.63) is 64.2 Å². The Morgan fingerprint density at radius 2 is 1.65 bits per heavy atom. The molecule has 3 N–H and O–H groups in total. The third-order valence-corrected chi connectivity index (χ3v) is 6.90. The van der Waals surface area contributed by atoms with Crippen LogP contribution in [0, 0.1) is 0 Å². The summed E-state index contributed by atoms with van der Waals surface area (Å²) in [5.41, 5.74) is 3.94. The lowest BCUT2D eigenvalue weighted by molar-refractivity contribution is -0.139. The van der Waals surface area contributed by atoms with E-state index >= 15 is 0 Å². The fourth-order valence-corrected chi connectivity index (χ4v) is 4.41. The zero-order valence-corrected chi connectivity index (χ0v) is 20.8. The van der Waals surface area contributed by atoms with E-state index in [4.69, 9.17) is 10.5 Å². The summed E-state index contributed by atoms with van der Waals surface area (Å²) in [6.07, 6.45) is -6.03. The van der Waals surface area contributed by atoms with Crippen molar-refractivity contribution in [2.24, 2.45) is 5.73 Å². The molecule has 0 fully saturated rings. The molecular weight excluding hydrogens is 520 g/mol. The van der Waals surface area contributed by atoms with Gasteiger partial charge >= 0.3 is 12.4 Å². The fourth-order valence-electron chi connectivity index (χ4n) is 3.52. The molecule has 2 aromatic carbocycles. The molecule has 1 unspecified atom stereocenters. The number of nitrogens with zero attached hydrogens (tertiary/aromatic N) is 2. The summed E-state index contributed by atoms with van der Waals surface area (Å²) in [7, 11) is 0. The molecule has 0 saturated heterocycles. The van der Waals surface area contributed by atoms with E-state index in [0.717, 1.165) is 29.5 Å². The van der Waals surface area contributed by atoms with Gasteiger partial charge in [0, 0.05) is 5.56 Å². The van der Waals surface area contributed by atoms with Crippen molar-refractivity contribution >= 4 is 11.3 Å². The molecule has 1 aromatic heterocycles. The predicted octanol–water partition coefficient (Wildman–Crippen LogP) is 6.59. The third-order valence-electron chi connectivity index (χ3n) is 5.65. The van der Waals surface area contributed by atoms with Crippen molar-refractivity contribution in [1.29, 1.82) is 0 Å². The van der Waals surface area contributed by atoms with E-state index in [2.05, 4.69) is 10.2 Å². The SMILES string of the molecule is CC(N)(CO)c1nnc(-c2ccc(OCCCCCCc3cccc(C(F)(F)F)c3)c(C(F)(F)F)c2)s1. The topological polar surface area (TPSA) is 81.3 Å². The van der Waals surface area contributed by atoms with Crippen molar-refractivity contribution in [1.82, 2.24) is 10.2 Å². The largest absolute Gasteiger partial charge is 0.493 e. The van der Waals surface area contributed by atoms with E-state index in [1.807, 2.05) is 0 Å². The first-order valence-corrected chi connectivity index (χ1v) is 12.4. The van der Waals surface area contributed by atoms with Gasteiger partial charge in [-0.2, -0.15) is 26.3 Å². The molecule has 0 aliphatic carbocycles. The minimum atomic E-state index is -4.66. The highest BCUT2D eigenvalue weighted by atomic mass is 32.1. The molecule has 0 amide bonds. The van der Waals surface area contributed by atoms with Crippen LogP contribution in [0.5, 0.6) is 5.75 Å². The standard InChI is InChI=1S/C25H27F6N3O2S/c1-23(32,15-35)22-34-33-21(37-22)17-10-11-20(19(14-17)25(29,30)31)36-12-5-3-2-4-7-16-8-6-9-18(13-16)24(26,27)28/h6,8-11,13-14,35H,2-5,7,12,15,32H2,1H3. The number of rotatable bonds is 11. The van der Waals surface area contributed by atoms with Crippen LogP contribution in [0.15, 0.2) is 42.5 Å². The summed E-state index contributed by atoms with van der Waals surface area (Å²) in [6.45, 7) is 1.21. The van der Waals surface area contributed by atoms with E-state index in [0.29, 0.717) is 42.7 Å². The lowest BCUT2D eigenvalue weighted by atomic mass is 10.0. The Kier molecular flexibility index (Phi) is 9.19. The van der Waals surface area contributed by atoms with Crippen molar-refractivity contribution in [2.75, 3.05) is 13.2 Å². The summed E-state index contributed by atoms with van der Waals surface area (Å²) in [4.78, 5) is 0. The lowest BCUT2D eigenvalue weighted by Gasteiger charge is -2.17. The van der Waals surface area contributed by atoms with E-state index in [-0.39, 0.29) is 22.9 Å². The Bertz CT molecular complexity index is 1180. The molecule has 0 saturated carbocycles. The minimum absolute atomic E-state index is 0.0664. The zero-order chi connectivity index (χ0) is 27.3. The number of hydrogen-bond donors (Lipinski definition) is 2. The number of benzene rings is 2. The van der Waals surface area contributed by atoms with Crippen molar-refractivity contribution < 1.29 is 36.2 Å². The maximum Gasteiger partial charge on any atom is 0.419 e. The zero-order valence-electron chi connectivity index (χ0n) is 20.0. The molecule has 0 bridgehead atoms. The van der Waals surface area contributed by atoms with Gasteiger partial charge in [0.05, 0.1) is 29.9 Å². The number of alkyl halides is 6.